The maximum Gasteiger partial charge on any atom is 0.261 e. The van der Waals surface area contributed by atoms with Crippen LogP contribution in [-0.4, -0.2) is 32.3 Å². The van der Waals surface area contributed by atoms with E-state index in [-0.39, 0.29) is 16.2 Å². The van der Waals surface area contributed by atoms with Gasteiger partial charge in [-0.3, -0.25) is 4.79 Å². The molecule has 1 fully saturated rings. The maximum atomic E-state index is 12.3. The number of nitrogens with zero attached hydrogens (tertiary/aromatic N) is 1. The van der Waals surface area contributed by atoms with Crippen molar-refractivity contribution >= 4 is 25.6 Å². The van der Waals surface area contributed by atoms with Gasteiger partial charge in [-0.2, -0.15) is 0 Å². The number of hydrogen-bond donors (Lipinski definition) is 0. The summed E-state index contributed by atoms with van der Waals surface area (Å²) in [6, 6.07) is 5.75. The van der Waals surface area contributed by atoms with Crippen molar-refractivity contribution < 1.29 is 13.2 Å². The van der Waals surface area contributed by atoms with Crippen molar-refractivity contribution in [3.63, 3.8) is 0 Å². The van der Waals surface area contributed by atoms with Crippen LogP contribution < -0.4 is 0 Å². The summed E-state index contributed by atoms with van der Waals surface area (Å²) in [6.45, 7) is 5.88. The molecule has 1 aromatic rings. The number of halogens is 1. The molecule has 110 valence electrons. The molecule has 2 rings (SSSR count). The fourth-order valence-corrected chi connectivity index (χ4v) is 3.03. The molecule has 0 spiro atoms. The topological polar surface area (TPSA) is 54.5 Å². The van der Waals surface area contributed by atoms with Gasteiger partial charge in [0, 0.05) is 29.3 Å². The van der Waals surface area contributed by atoms with Gasteiger partial charge in [-0.25, -0.2) is 8.42 Å². The van der Waals surface area contributed by atoms with Crippen molar-refractivity contribution in [3.8, 4) is 0 Å². The number of hydrogen-bond acceptors (Lipinski definition) is 3. The Labute approximate surface area is 124 Å². The summed E-state index contributed by atoms with van der Waals surface area (Å²) in [5.41, 5.74) is 0.779. The van der Waals surface area contributed by atoms with Crippen LogP contribution in [0.5, 0.6) is 0 Å². The molecule has 1 aliphatic rings. The Morgan fingerprint density at radius 3 is 2.10 bits per heavy atom. The van der Waals surface area contributed by atoms with Gasteiger partial charge >= 0.3 is 0 Å². The molecule has 1 saturated heterocycles. The second kappa shape index (κ2) is 5.37. The van der Waals surface area contributed by atoms with Crippen LogP contribution in [0.4, 0.5) is 0 Å². The first-order valence-corrected chi connectivity index (χ1v) is 8.84. The number of amides is 1. The van der Waals surface area contributed by atoms with Crippen LogP contribution in [0.3, 0.4) is 0 Å². The fraction of sp³-hybridized carbons (Fsp3) is 0.500. The minimum absolute atomic E-state index is 0.00972. The monoisotopic (exact) mass is 315 g/mol. The van der Waals surface area contributed by atoms with E-state index in [0.717, 1.165) is 25.9 Å². The fourth-order valence-electron chi connectivity index (χ4n) is 2.26. The van der Waals surface area contributed by atoms with Crippen LogP contribution in [0, 0.1) is 5.41 Å². The molecule has 1 aromatic carbocycles. The summed E-state index contributed by atoms with van der Waals surface area (Å²) in [5.74, 6) is -0.0565. The molecule has 1 aliphatic heterocycles. The molecule has 0 N–H and O–H groups in total. The highest BCUT2D eigenvalue weighted by atomic mass is 35.7. The number of carbonyl (C=O) groups excluding carboxylic acids is 1. The second-order valence-corrected chi connectivity index (χ2v) is 8.48. The van der Waals surface area contributed by atoms with E-state index in [2.05, 4.69) is 13.8 Å². The highest BCUT2D eigenvalue weighted by Gasteiger charge is 2.28. The van der Waals surface area contributed by atoms with Gasteiger partial charge in [-0.05, 0) is 42.5 Å². The number of carbonyl (C=O) groups is 1. The van der Waals surface area contributed by atoms with E-state index in [1.54, 1.807) is 0 Å². The van der Waals surface area contributed by atoms with Crippen molar-refractivity contribution in [2.24, 2.45) is 5.41 Å². The maximum absolute atomic E-state index is 12.3. The number of rotatable bonds is 2. The van der Waals surface area contributed by atoms with Gasteiger partial charge in [0.1, 0.15) is 0 Å². The molecular weight excluding hydrogens is 298 g/mol. The summed E-state index contributed by atoms with van der Waals surface area (Å²) in [5, 5.41) is 0. The zero-order valence-corrected chi connectivity index (χ0v) is 13.2. The molecule has 0 bridgehead atoms. The molecule has 4 nitrogen and oxygen atoms in total. The van der Waals surface area contributed by atoms with Crippen LogP contribution >= 0.6 is 10.7 Å². The average Bonchev–Trinajstić information content (AvgIpc) is 2.37. The highest BCUT2D eigenvalue weighted by molar-refractivity contribution is 8.13. The second-order valence-electron chi connectivity index (χ2n) is 5.92. The normalized spacial score (nSPS) is 18.9. The Kier molecular flexibility index (Phi) is 4.12. The zero-order chi connectivity index (χ0) is 15.0. The summed E-state index contributed by atoms with van der Waals surface area (Å²) in [7, 11) is 1.51. The van der Waals surface area contributed by atoms with Crippen molar-refractivity contribution in [2.45, 2.75) is 31.6 Å². The predicted molar refractivity (Wildman–Crippen MR) is 78.4 cm³/mol. The highest BCUT2D eigenvalue weighted by Crippen LogP contribution is 2.30. The first kappa shape index (κ1) is 15.3. The van der Waals surface area contributed by atoms with E-state index >= 15 is 0 Å². The van der Waals surface area contributed by atoms with Crippen LogP contribution in [0.25, 0.3) is 0 Å². The van der Waals surface area contributed by atoms with Crippen LogP contribution in [0.2, 0.25) is 0 Å². The minimum atomic E-state index is -3.74. The quantitative estimate of drug-likeness (QED) is 0.789. The SMILES string of the molecule is CC1(C)CCN(C(=O)c2ccc(S(=O)(=O)Cl)cc2)CC1. The summed E-state index contributed by atoms with van der Waals surface area (Å²) in [4.78, 5) is 14.1. The zero-order valence-electron chi connectivity index (χ0n) is 11.6. The number of benzene rings is 1. The lowest BCUT2D eigenvalue weighted by molar-refractivity contribution is 0.0630. The molecule has 0 unspecified atom stereocenters. The molecule has 0 radical (unpaired) electrons. The molecule has 0 saturated carbocycles. The van der Waals surface area contributed by atoms with Gasteiger partial charge in [0.05, 0.1) is 4.90 Å². The molecule has 1 heterocycles. The molecule has 1 amide bonds. The molecular formula is C14H18ClNO3S. The molecule has 20 heavy (non-hydrogen) atoms. The lowest BCUT2D eigenvalue weighted by Crippen LogP contribution is -2.41. The van der Waals surface area contributed by atoms with E-state index < -0.39 is 9.05 Å². The van der Waals surface area contributed by atoms with Gasteiger partial charge in [-0.15, -0.1) is 0 Å². The van der Waals surface area contributed by atoms with E-state index in [1.807, 2.05) is 4.90 Å². The predicted octanol–water partition coefficient (Wildman–Crippen LogP) is 2.88. The van der Waals surface area contributed by atoms with Crippen LogP contribution in [-0.2, 0) is 9.05 Å². The standard InChI is InChI=1S/C14H18ClNO3S/c1-14(2)7-9-16(10-8-14)13(17)11-3-5-12(6-4-11)20(15,18)19/h3-6H,7-10H2,1-2H3. The largest absolute Gasteiger partial charge is 0.339 e. The van der Waals surface area contributed by atoms with Crippen molar-refractivity contribution in [2.75, 3.05) is 13.1 Å². The Bertz CT molecular complexity index is 598. The Morgan fingerprint density at radius 2 is 1.65 bits per heavy atom. The van der Waals surface area contributed by atoms with Gasteiger partial charge in [-0.1, -0.05) is 13.8 Å². The minimum Gasteiger partial charge on any atom is -0.339 e. The Hall–Kier alpha value is -1.07. The van der Waals surface area contributed by atoms with Crippen molar-refractivity contribution in [3.05, 3.63) is 29.8 Å². The van der Waals surface area contributed by atoms with Gasteiger partial charge < -0.3 is 4.90 Å². The Morgan fingerprint density at radius 1 is 1.15 bits per heavy atom. The molecule has 0 aliphatic carbocycles. The first-order valence-electron chi connectivity index (χ1n) is 6.53. The van der Waals surface area contributed by atoms with Crippen molar-refractivity contribution in [1.29, 1.82) is 0 Å². The van der Waals surface area contributed by atoms with E-state index in [1.165, 1.54) is 24.3 Å². The lowest BCUT2D eigenvalue weighted by Gasteiger charge is -2.36. The summed E-state index contributed by atoms with van der Waals surface area (Å²) < 4.78 is 22.3. The van der Waals surface area contributed by atoms with Crippen molar-refractivity contribution in [1.82, 2.24) is 4.90 Å². The summed E-state index contributed by atoms with van der Waals surface area (Å²) >= 11 is 0. The van der Waals surface area contributed by atoms with E-state index in [9.17, 15) is 13.2 Å². The first-order chi connectivity index (χ1) is 9.19. The summed E-state index contributed by atoms with van der Waals surface area (Å²) in [6.07, 6.45) is 1.96. The molecule has 0 atom stereocenters. The van der Waals surface area contributed by atoms with E-state index in [4.69, 9.17) is 10.7 Å². The molecule has 0 aromatic heterocycles. The average molecular weight is 316 g/mol. The smallest absolute Gasteiger partial charge is 0.261 e. The molecule has 6 heteroatoms. The van der Waals surface area contributed by atoms with Gasteiger partial charge in [0.25, 0.3) is 15.0 Å². The third-order valence-electron chi connectivity index (χ3n) is 3.79. The third kappa shape index (κ3) is 3.52. The third-order valence-corrected chi connectivity index (χ3v) is 5.16. The van der Waals surface area contributed by atoms with Gasteiger partial charge in [0.15, 0.2) is 0 Å². The van der Waals surface area contributed by atoms with Crippen LogP contribution in [0.1, 0.15) is 37.0 Å². The number of likely N-dealkylation sites (tertiary alicyclic amines) is 1. The number of piperidine rings is 1. The lowest BCUT2D eigenvalue weighted by atomic mass is 9.82. The van der Waals surface area contributed by atoms with Gasteiger partial charge in [0.2, 0.25) is 0 Å². The van der Waals surface area contributed by atoms with E-state index in [0.29, 0.717) is 5.56 Å². The van der Waals surface area contributed by atoms with Crippen LogP contribution in [0.15, 0.2) is 29.2 Å². The Balaban J connectivity index is 2.11.